The van der Waals surface area contributed by atoms with E-state index in [0.29, 0.717) is 5.56 Å². The van der Waals surface area contributed by atoms with Crippen LogP contribution in [0.25, 0.3) is 0 Å². The molecule has 1 aromatic carbocycles. The highest BCUT2D eigenvalue weighted by Crippen LogP contribution is 2.28. The molecule has 1 aromatic rings. The predicted molar refractivity (Wildman–Crippen MR) is 60.2 cm³/mol. The van der Waals surface area contributed by atoms with Crippen LogP contribution in [-0.4, -0.2) is 24.5 Å². The van der Waals surface area contributed by atoms with Crippen molar-refractivity contribution in [2.45, 2.75) is 12.2 Å². The van der Waals surface area contributed by atoms with Crippen molar-refractivity contribution in [3.63, 3.8) is 0 Å². The number of ether oxygens (including phenoxy) is 2. The quantitative estimate of drug-likeness (QED) is 0.350. The van der Waals surface area contributed by atoms with E-state index in [-0.39, 0.29) is 17.3 Å². The Morgan fingerprint density at radius 1 is 1.32 bits per heavy atom. The maximum absolute atomic E-state index is 11.7. The Labute approximate surface area is 111 Å². The van der Waals surface area contributed by atoms with Crippen LogP contribution in [0.15, 0.2) is 18.2 Å². The molecule has 19 heavy (non-hydrogen) atoms. The molecule has 0 bridgehead atoms. The lowest BCUT2D eigenvalue weighted by molar-refractivity contribution is -0.386. The van der Waals surface area contributed by atoms with Gasteiger partial charge in [0.25, 0.3) is 0 Å². The summed E-state index contributed by atoms with van der Waals surface area (Å²) < 4.78 is 43.4. The second-order valence-electron chi connectivity index (χ2n) is 3.34. The fourth-order valence-electron chi connectivity index (χ4n) is 1.22. The Balaban J connectivity index is 2.65. The standard InChI is InChI=1S/C10H9ClF3NO4/c11-6-7-1-2-9(8(5-7)15(16)17)18-3-4-19-10(12,13)14/h1-2,5H,3-4,6H2. The van der Waals surface area contributed by atoms with Crippen LogP contribution in [0.3, 0.4) is 0 Å². The summed E-state index contributed by atoms with van der Waals surface area (Å²) in [6.07, 6.45) is -4.75. The highest BCUT2D eigenvalue weighted by atomic mass is 35.5. The van der Waals surface area contributed by atoms with Crippen molar-refractivity contribution in [3.05, 3.63) is 33.9 Å². The summed E-state index contributed by atoms with van der Waals surface area (Å²) in [5, 5.41) is 10.8. The maximum atomic E-state index is 11.7. The summed E-state index contributed by atoms with van der Waals surface area (Å²) in [5.41, 5.74) is 0.150. The molecular formula is C10H9ClF3NO4. The van der Waals surface area contributed by atoms with E-state index in [2.05, 4.69) is 4.74 Å². The molecule has 0 atom stereocenters. The number of nitrogens with zero attached hydrogens (tertiary/aromatic N) is 1. The molecule has 1 rings (SSSR count). The maximum Gasteiger partial charge on any atom is 0.522 e. The predicted octanol–water partition coefficient (Wildman–Crippen LogP) is 3.25. The molecule has 0 aromatic heterocycles. The van der Waals surface area contributed by atoms with Crippen LogP contribution in [0.4, 0.5) is 18.9 Å². The van der Waals surface area contributed by atoms with Crippen molar-refractivity contribution in [3.8, 4) is 5.75 Å². The molecule has 0 unspecified atom stereocenters. The minimum Gasteiger partial charge on any atom is -0.484 e. The van der Waals surface area contributed by atoms with Crippen LogP contribution in [-0.2, 0) is 10.6 Å². The van der Waals surface area contributed by atoms with Gasteiger partial charge in [-0.05, 0) is 11.6 Å². The number of halogens is 4. The van der Waals surface area contributed by atoms with Gasteiger partial charge in [0.1, 0.15) is 6.61 Å². The van der Waals surface area contributed by atoms with Crippen LogP contribution in [0.5, 0.6) is 5.75 Å². The van der Waals surface area contributed by atoms with Gasteiger partial charge in [0.15, 0.2) is 5.75 Å². The Hall–Kier alpha value is -1.54. The number of alkyl halides is 4. The van der Waals surface area contributed by atoms with E-state index in [9.17, 15) is 23.3 Å². The molecule has 0 amide bonds. The highest BCUT2D eigenvalue weighted by Gasteiger charge is 2.28. The van der Waals surface area contributed by atoms with E-state index in [1.54, 1.807) is 0 Å². The van der Waals surface area contributed by atoms with Crippen LogP contribution >= 0.6 is 11.6 Å². The summed E-state index contributed by atoms with van der Waals surface area (Å²) in [5.74, 6) is -0.0529. The molecule has 0 aliphatic rings. The first kappa shape index (κ1) is 15.5. The van der Waals surface area contributed by atoms with Crippen molar-refractivity contribution in [2.75, 3.05) is 13.2 Å². The molecule has 0 saturated carbocycles. The minimum atomic E-state index is -4.75. The fourth-order valence-corrected chi connectivity index (χ4v) is 1.39. The van der Waals surface area contributed by atoms with Gasteiger partial charge >= 0.3 is 12.0 Å². The highest BCUT2D eigenvalue weighted by molar-refractivity contribution is 6.17. The molecule has 0 spiro atoms. The van der Waals surface area contributed by atoms with Crippen molar-refractivity contribution in [2.24, 2.45) is 0 Å². The van der Waals surface area contributed by atoms with Gasteiger partial charge in [-0.1, -0.05) is 6.07 Å². The van der Waals surface area contributed by atoms with E-state index in [4.69, 9.17) is 16.3 Å². The monoisotopic (exact) mass is 299 g/mol. The molecule has 0 heterocycles. The Morgan fingerprint density at radius 2 is 2.00 bits per heavy atom. The summed E-state index contributed by atoms with van der Waals surface area (Å²) in [4.78, 5) is 10.1. The zero-order valence-corrected chi connectivity index (χ0v) is 10.2. The molecule has 9 heteroatoms. The first-order valence-electron chi connectivity index (χ1n) is 5.00. The Kier molecular flexibility index (Phi) is 5.37. The van der Waals surface area contributed by atoms with Gasteiger partial charge in [-0.25, -0.2) is 0 Å². The molecule has 106 valence electrons. The molecule has 0 N–H and O–H groups in total. The van der Waals surface area contributed by atoms with Crippen molar-refractivity contribution in [1.29, 1.82) is 0 Å². The number of nitro benzene ring substituents is 1. The molecule has 0 aliphatic carbocycles. The minimum absolute atomic E-state index is 0.0817. The van der Waals surface area contributed by atoms with E-state index < -0.39 is 24.5 Å². The van der Waals surface area contributed by atoms with Gasteiger partial charge in [-0.15, -0.1) is 24.8 Å². The largest absolute Gasteiger partial charge is 0.522 e. The Bertz CT molecular complexity index is 453. The van der Waals surface area contributed by atoms with Crippen molar-refractivity contribution < 1.29 is 27.6 Å². The third-order valence-electron chi connectivity index (χ3n) is 1.98. The van der Waals surface area contributed by atoms with Gasteiger partial charge in [-0.2, -0.15) is 0 Å². The molecule has 5 nitrogen and oxygen atoms in total. The summed E-state index contributed by atoms with van der Waals surface area (Å²) in [6, 6.07) is 3.97. The topological polar surface area (TPSA) is 61.6 Å². The van der Waals surface area contributed by atoms with Crippen LogP contribution in [0.1, 0.15) is 5.56 Å². The van der Waals surface area contributed by atoms with Gasteiger partial charge in [0.2, 0.25) is 0 Å². The van der Waals surface area contributed by atoms with Crippen LogP contribution in [0.2, 0.25) is 0 Å². The lowest BCUT2D eigenvalue weighted by atomic mass is 10.2. The number of benzene rings is 1. The number of nitro groups is 1. The fraction of sp³-hybridized carbons (Fsp3) is 0.400. The van der Waals surface area contributed by atoms with E-state index in [1.807, 2.05) is 0 Å². The van der Waals surface area contributed by atoms with E-state index in [1.165, 1.54) is 18.2 Å². The smallest absolute Gasteiger partial charge is 0.484 e. The normalized spacial score (nSPS) is 11.4. The summed E-state index contributed by atoms with van der Waals surface area (Å²) in [6.45, 7) is -1.21. The zero-order valence-electron chi connectivity index (χ0n) is 9.45. The number of hydrogen-bond acceptors (Lipinski definition) is 4. The lowest BCUT2D eigenvalue weighted by Gasteiger charge is -2.09. The van der Waals surface area contributed by atoms with Crippen molar-refractivity contribution in [1.82, 2.24) is 0 Å². The average Bonchev–Trinajstić information content (AvgIpc) is 2.33. The van der Waals surface area contributed by atoms with E-state index >= 15 is 0 Å². The van der Waals surface area contributed by atoms with Crippen LogP contribution in [0, 0.1) is 10.1 Å². The van der Waals surface area contributed by atoms with Gasteiger partial charge in [-0.3, -0.25) is 14.9 Å². The molecule has 0 aliphatic heterocycles. The second kappa shape index (κ2) is 6.58. The first-order valence-corrected chi connectivity index (χ1v) is 5.53. The average molecular weight is 300 g/mol. The number of rotatable bonds is 6. The molecule has 0 fully saturated rings. The summed E-state index contributed by atoms with van der Waals surface area (Å²) >= 11 is 5.52. The zero-order chi connectivity index (χ0) is 14.5. The second-order valence-corrected chi connectivity index (χ2v) is 3.60. The molecule has 0 saturated heterocycles. The van der Waals surface area contributed by atoms with Gasteiger partial charge in [0, 0.05) is 11.9 Å². The molecular weight excluding hydrogens is 291 g/mol. The van der Waals surface area contributed by atoms with Gasteiger partial charge in [0.05, 0.1) is 11.5 Å². The van der Waals surface area contributed by atoms with Gasteiger partial charge < -0.3 is 4.74 Å². The first-order chi connectivity index (χ1) is 8.83. The summed E-state index contributed by atoms with van der Waals surface area (Å²) in [7, 11) is 0. The van der Waals surface area contributed by atoms with E-state index in [0.717, 1.165) is 0 Å². The Morgan fingerprint density at radius 3 is 2.53 bits per heavy atom. The lowest BCUT2D eigenvalue weighted by Crippen LogP contribution is -2.18. The third-order valence-corrected chi connectivity index (χ3v) is 2.29. The van der Waals surface area contributed by atoms with Crippen molar-refractivity contribution >= 4 is 17.3 Å². The number of hydrogen-bond donors (Lipinski definition) is 0. The SMILES string of the molecule is O=[N+]([O-])c1cc(CCl)ccc1OCCOC(F)(F)F. The third kappa shape index (κ3) is 5.31. The van der Waals surface area contributed by atoms with Crippen LogP contribution < -0.4 is 4.74 Å². The molecule has 0 radical (unpaired) electrons.